The van der Waals surface area contributed by atoms with Crippen molar-refractivity contribution in [2.24, 2.45) is 0 Å². The molecule has 1 aromatic carbocycles. The molecule has 2 rings (SSSR count). The molecule has 0 aliphatic rings. The number of para-hydroxylation sites is 2. The molecule has 2 aromatic rings. The number of amides is 1. The van der Waals surface area contributed by atoms with Gasteiger partial charge in [-0.1, -0.05) is 12.1 Å². The molecule has 0 bridgehead atoms. The number of carbonyl (C=O) groups excluding carboxylic acids is 1. The molecule has 7 heteroatoms. The van der Waals surface area contributed by atoms with Crippen molar-refractivity contribution in [3.05, 3.63) is 30.6 Å². The number of nitrogens with one attached hydrogen (secondary N) is 1. The number of imidazole rings is 1. The fraction of sp³-hybridized carbons (Fsp3) is 0.385. The second kappa shape index (κ2) is 6.42. The second-order valence-corrected chi connectivity index (χ2v) is 4.38. The maximum atomic E-state index is 12.0. The van der Waals surface area contributed by atoms with E-state index in [4.69, 9.17) is 5.11 Å². The van der Waals surface area contributed by atoms with Crippen molar-refractivity contribution in [3.8, 4) is 0 Å². The summed E-state index contributed by atoms with van der Waals surface area (Å²) in [5.41, 5.74) is 1.74. The Hall–Kier alpha value is -2.02. The lowest BCUT2D eigenvalue weighted by atomic mass is 10.3. The SMILES string of the molecule is O=C(CCn1cnc2ccccc21)NCC(O)C(F)F. The Morgan fingerprint density at radius 2 is 2.15 bits per heavy atom. The van der Waals surface area contributed by atoms with Gasteiger partial charge in [0.15, 0.2) is 0 Å². The Bertz CT molecular complexity index is 586. The predicted molar refractivity (Wildman–Crippen MR) is 69.4 cm³/mol. The molecule has 20 heavy (non-hydrogen) atoms. The summed E-state index contributed by atoms with van der Waals surface area (Å²) >= 11 is 0. The topological polar surface area (TPSA) is 67.2 Å². The highest BCUT2D eigenvalue weighted by atomic mass is 19.3. The summed E-state index contributed by atoms with van der Waals surface area (Å²) in [5.74, 6) is -0.387. The molecule has 2 N–H and O–H groups in total. The largest absolute Gasteiger partial charge is 0.385 e. The molecular formula is C13H15F2N3O2. The van der Waals surface area contributed by atoms with Crippen molar-refractivity contribution >= 4 is 16.9 Å². The summed E-state index contributed by atoms with van der Waals surface area (Å²) < 4.78 is 25.9. The van der Waals surface area contributed by atoms with Crippen LogP contribution in [0.1, 0.15) is 6.42 Å². The monoisotopic (exact) mass is 283 g/mol. The number of halogens is 2. The van der Waals surface area contributed by atoms with E-state index in [1.54, 1.807) is 6.33 Å². The third-order valence-corrected chi connectivity index (χ3v) is 2.91. The van der Waals surface area contributed by atoms with Gasteiger partial charge in [-0.05, 0) is 12.1 Å². The fourth-order valence-electron chi connectivity index (χ4n) is 1.81. The third-order valence-electron chi connectivity index (χ3n) is 2.91. The average molecular weight is 283 g/mol. The number of fused-ring (bicyclic) bond motifs is 1. The molecule has 5 nitrogen and oxygen atoms in total. The minimum Gasteiger partial charge on any atom is -0.385 e. The number of aliphatic hydroxyl groups excluding tert-OH is 1. The van der Waals surface area contributed by atoms with Gasteiger partial charge >= 0.3 is 0 Å². The first kappa shape index (κ1) is 14.4. The van der Waals surface area contributed by atoms with Gasteiger partial charge in [-0.2, -0.15) is 0 Å². The first-order chi connectivity index (χ1) is 9.58. The van der Waals surface area contributed by atoms with Gasteiger partial charge < -0.3 is 15.0 Å². The number of hydrogen-bond acceptors (Lipinski definition) is 3. The highest BCUT2D eigenvalue weighted by molar-refractivity contribution is 5.77. The Morgan fingerprint density at radius 3 is 2.90 bits per heavy atom. The van der Waals surface area contributed by atoms with Crippen LogP contribution in [0.25, 0.3) is 11.0 Å². The first-order valence-electron chi connectivity index (χ1n) is 6.20. The lowest BCUT2D eigenvalue weighted by Gasteiger charge is -2.11. The normalized spacial score (nSPS) is 12.8. The number of carbonyl (C=O) groups is 1. The van der Waals surface area contributed by atoms with Crippen LogP contribution in [0.15, 0.2) is 30.6 Å². The number of hydrogen-bond donors (Lipinski definition) is 2. The number of aliphatic hydroxyl groups is 1. The van der Waals surface area contributed by atoms with E-state index in [1.165, 1.54) is 0 Å². The van der Waals surface area contributed by atoms with Crippen molar-refractivity contribution < 1.29 is 18.7 Å². The van der Waals surface area contributed by atoms with Crippen molar-refractivity contribution in [1.82, 2.24) is 14.9 Å². The Morgan fingerprint density at radius 1 is 1.40 bits per heavy atom. The molecular weight excluding hydrogens is 268 g/mol. The van der Waals surface area contributed by atoms with Gasteiger partial charge in [-0.3, -0.25) is 4.79 Å². The van der Waals surface area contributed by atoms with E-state index in [0.29, 0.717) is 6.54 Å². The Kier molecular flexibility index (Phi) is 4.62. The molecule has 0 fully saturated rings. The van der Waals surface area contributed by atoms with Crippen LogP contribution in [0.4, 0.5) is 8.78 Å². The maximum Gasteiger partial charge on any atom is 0.265 e. The van der Waals surface area contributed by atoms with Crippen LogP contribution in [0.3, 0.4) is 0 Å². The van der Waals surface area contributed by atoms with Crippen LogP contribution >= 0.6 is 0 Å². The van der Waals surface area contributed by atoms with Crippen LogP contribution in [0, 0.1) is 0 Å². The first-order valence-corrected chi connectivity index (χ1v) is 6.20. The van der Waals surface area contributed by atoms with Crippen LogP contribution < -0.4 is 5.32 Å². The van der Waals surface area contributed by atoms with E-state index in [2.05, 4.69) is 10.3 Å². The lowest BCUT2D eigenvalue weighted by Crippen LogP contribution is -2.36. The molecule has 0 spiro atoms. The molecule has 0 saturated heterocycles. The fourth-order valence-corrected chi connectivity index (χ4v) is 1.81. The van der Waals surface area contributed by atoms with Crippen LogP contribution in [-0.2, 0) is 11.3 Å². The van der Waals surface area contributed by atoms with Gasteiger partial charge in [0.2, 0.25) is 5.91 Å². The van der Waals surface area contributed by atoms with Crippen molar-refractivity contribution in [1.29, 1.82) is 0 Å². The van der Waals surface area contributed by atoms with Crippen LogP contribution in [0.5, 0.6) is 0 Å². The summed E-state index contributed by atoms with van der Waals surface area (Å²) in [6.07, 6.45) is -2.91. The molecule has 0 saturated carbocycles. The van der Waals surface area contributed by atoms with E-state index in [0.717, 1.165) is 11.0 Å². The number of aromatic nitrogens is 2. The van der Waals surface area contributed by atoms with Crippen LogP contribution in [-0.4, -0.2) is 39.6 Å². The van der Waals surface area contributed by atoms with Gasteiger partial charge in [0.25, 0.3) is 6.43 Å². The third kappa shape index (κ3) is 3.51. The van der Waals surface area contributed by atoms with Gasteiger partial charge in [0.1, 0.15) is 6.10 Å². The van der Waals surface area contributed by atoms with Crippen LogP contribution in [0.2, 0.25) is 0 Å². The maximum absolute atomic E-state index is 12.0. The van der Waals surface area contributed by atoms with Gasteiger partial charge in [-0.15, -0.1) is 0 Å². The summed E-state index contributed by atoms with van der Waals surface area (Å²) in [5, 5.41) is 11.2. The zero-order chi connectivity index (χ0) is 14.5. The molecule has 1 unspecified atom stereocenters. The lowest BCUT2D eigenvalue weighted by molar-refractivity contribution is -0.122. The zero-order valence-corrected chi connectivity index (χ0v) is 10.7. The average Bonchev–Trinajstić information content (AvgIpc) is 2.85. The van der Waals surface area contributed by atoms with E-state index < -0.39 is 19.1 Å². The minimum atomic E-state index is -2.85. The Balaban J connectivity index is 1.84. The number of benzene rings is 1. The van der Waals surface area contributed by atoms with Crippen molar-refractivity contribution in [2.75, 3.05) is 6.54 Å². The molecule has 108 valence electrons. The summed E-state index contributed by atoms with van der Waals surface area (Å²) in [4.78, 5) is 15.7. The quantitative estimate of drug-likeness (QED) is 0.836. The number of alkyl halides is 2. The zero-order valence-electron chi connectivity index (χ0n) is 10.7. The second-order valence-electron chi connectivity index (χ2n) is 4.38. The Labute approximate surface area is 114 Å². The smallest absolute Gasteiger partial charge is 0.265 e. The predicted octanol–water partition coefficient (Wildman–Crippen LogP) is 1.17. The molecule has 1 aromatic heterocycles. The standard InChI is InChI=1S/C13H15F2N3O2/c14-13(15)11(19)7-16-12(20)5-6-18-8-17-9-3-1-2-4-10(9)18/h1-4,8,11,13,19H,5-7H2,(H,16,20). The van der Waals surface area contributed by atoms with E-state index in [-0.39, 0.29) is 12.3 Å². The van der Waals surface area contributed by atoms with E-state index in [1.807, 2.05) is 28.8 Å². The summed E-state index contributed by atoms with van der Waals surface area (Å²) in [7, 11) is 0. The molecule has 0 aliphatic heterocycles. The van der Waals surface area contributed by atoms with Gasteiger partial charge in [0.05, 0.1) is 17.4 Å². The molecule has 1 amide bonds. The number of nitrogens with zero attached hydrogens (tertiary/aromatic N) is 2. The van der Waals surface area contributed by atoms with Gasteiger partial charge in [-0.25, -0.2) is 13.8 Å². The molecule has 0 aliphatic carbocycles. The summed E-state index contributed by atoms with van der Waals surface area (Å²) in [6.45, 7) is -0.0434. The highest BCUT2D eigenvalue weighted by Crippen LogP contribution is 2.11. The summed E-state index contributed by atoms with van der Waals surface area (Å²) in [6, 6.07) is 7.50. The van der Waals surface area contributed by atoms with Gasteiger partial charge in [0, 0.05) is 19.5 Å². The molecule has 1 atom stereocenters. The highest BCUT2D eigenvalue weighted by Gasteiger charge is 2.17. The number of aryl methyl sites for hydroxylation is 1. The van der Waals surface area contributed by atoms with E-state index >= 15 is 0 Å². The molecule has 0 radical (unpaired) electrons. The number of rotatable bonds is 6. The minimum absolute atomic E-state index is 0.135. The molecule has 1 heterocycles. The van der Waals surface area contributed by atoms with Crippen molar-refractivity contribution in [2.45, 2.75) is 25.5 Å². The van der Waals surface area contributed by atoms with Crippen molar-refractivity contribution in [3.63, 3.8) is 0 Å². The van der Waals surface area contributed by atoms with E-state index in [9.17, 15) is 13.6 Å².